The Labute approximate surface area is 173 Å². The largest absolute Gasteiger partial charge is 0.488 e. The summed E-state index contributed by atoms with van der Waals surface area (Å²) in [5.74, 6) is 2.57. The quantitative estimate of drug-likeness (QED) is 0.524. The first-order chi connectivity index (χ1) is 14.1. The van der Waals surface area contributed by atoms with E-state index in [1.165, 1.54) is 5.56 Å². The summed E-state index contributed by atoms with van der Waals surface area (Å²) in [6.07, 6.45) is 2.76. The third-order valence-corrected chi connectivity index (χ3v) is 5.03. The van der Waals surface area contributed by atoms with Gasteiger partial charge in [0.25, 0.3) is 0 Å². The summed E-state index contributed by atoms with van der Waals surface area (Å²) < 4.78 is 17.2. The highest BCUT2D eigenvalue weighted by atomic mass is 16.5. The molecule has 1 saturated heterocycles. The number of nitrogens with one attached hydrogen (secondary N) is 2. The van der Waals surface area contributed by atoms with Crippen LogP contribution in [0, 0.1) is 6.92 Å². The second-order valence-electron chi connectivity index (χ2n) is 7.52. The summed E-state index contributed by atoms with van der Waals surface area (Å²) >= 11 is 0. The van der Waals surface area contributed by atoms with Crippen molar-refractivity contribution in [1.82, 2.24) is 15.5 Å². The Morgan fingerprint density at radius 3 is 2.83 bits per heavy atom. The second-order valence-corrected chi connectivity index (χ2v) is 7.52. The van der Waals surface area contributed by atoms with Gasteiger partial charge in [-0.15, -0.1) is 0 Å². The number of hydrogen-bond acceptors (Lipinski definition) is 5. The average Bonchev–Trinajstić information content (AvgIpc) is 3.40. The molecule has 29 heavy (non-hydrogen) atoms. The molecule has 2 unspecified atom stereocenters. The summed E-state index contributed by atoms with van der Waals surface area (Å²) in [5.41, 5.74) is 2.28. The van der Waals surface area contributed by atoms with Crippen molar-refractivity contribution in [2.75, 3.05) is 40.9 Å². The number of ether oxygens (including phenoxy) is 2. The molecule has 2 N–H and O–H groups in total. The Bertz CT molecular complexity index is 783. The number of furan rings is 1. The minimum Gasteiger partial charge on any atom is -0.488 e. The van der Waals surface area contributed by atoms with Gasteiger partial charge in [-0.05, 0) is 44.8 Å². The second kappa shape index (κ2) is 10.3. The molecule has 0 spiro atoms. The monoisotopic (exact) mass is 400 g/mol. The minimum atomic E-state index is 0.115. The van der Waals surface area contributed by atoms with Crippen LogP contribution in [0.3, 0.4) is 0 Å². The van der Waals surface area contributed by atoms with E-state index in [9.17, 15) is 0 Å². The number of likely N-dealkylation sites (N-methyl/N-ethyl adjacent to an activating group) is 1. The van der Waals surface area contributed by atoms with E-state index in [1.807, 2.05) is 26.2 Å². The number of guanidine groups is 1. The van der Waals surface area contributed by atoms with E-state index in [2.05, 4.69) is 45.6 Å². The van der Waals surface area contributed by atoms with Crippen molar-refractivity contribution >= 4 is 5.96 Å². The van der Waals surface area contributed by atoms with Gasteiger partial charge in [0.15, 0.2) is 5.96 Å². The normalized spacial score (nSPS) is 18.1. The van der Waals surface area contributed by atoms with Crippen LogP contribution in [0.2, 0.25) is 0 Å². The topological polar surface area (TPSA) is 71.3 Å². The lowest BCUT2D eigenvalue weighted by Crippen LogP contribution is -2.41. The van der Waals surface area contributed by atoms with Crippen molar-refractivity contribution in [3.8, 4) is 5.75 Å². The fourth-order valence-corrected chi connectivity index (χ4v) is 3.31. The molecule has 2 heterocycles. The zero-order valence-corrected chi connectivity index (χ0v) is 17.8. The van der Waals surface area contributed by atoms with Crippen LogP contribution in [0.25, 0.3) is 0 Å². The van der Waals surface area contributed by atoms with Crippen LogP contribution in [0.5, 0.6) is 5.75 Å². The number of aryl methyl sites for hydroxylation is 1. The van der Waals surface area contributed by atoms with E-state index in [1.54, 1.807) is 13.3 Å². The molecule has 1 aliphatic rings. The van der Waals surface area contributed by atoms with Crippen molar-refractivity contribution < 1.29 is 13.9 Å². The maximum Gasteiger partial charge on any atom is 0.191 e. The highest BCUT2D eigenvalue weighted by Gasteiger charge is 2.19. The van der Waals surface area contributed by atoms with Gasteiger partial charge in [-0.1, -0.05) is 12.1 Å². The number of nitrogens with zero attached hydrogens (tertiary/aromatic N) is 2. The van der Waals surface area contributed by atoms with Crippen LogP contribution >= 0.6 is 0 Å². The molecule has 2 atom stereocenters. The molecule has 7 nitrogen and oxygen atoms in total. The minimum absolute atomic E-state index is 0.115. The molecule has 1 aliphatic heterocycles. The first-order valence-electron chi connectivity index (χ1n) is 10.0. The van der Waals surface area contributed by atoms with Gasteiger partial charge in [0, 0.05) is 32.1 Å². The van der Waals surface area contributed by atoms with Crippen LogP contribution < -0.4 is 15.4 Å². The smallest absolute Gasteiger partial charge is 0.191 e. The van der Waals surface area contributed by atoms with Crippen LogP contribution in [-0.2, 0) is 11.3 Å². The summed E-state index contributed by atoms with van der Waals surface area (Å²) in [6, 6.07) is 10.3. The van der Waals surface area contributed by atoms with E-state index in [0.717, 1.165) is 36.1 Å². The Balaban J connectivity index is 1.59. The predicted molar refractivity (Wildman–Crippen MR) is 114 cm³/mol. The van der Waals surface area contributed by atoms with Gasteiger partial charge in [-0.2, -0.15) is 0 Å². The number of benzene rings is 1. The highest BCUT2D eigenvalue weighted by Crippen LogP contribution is 2.24. The van der Waals surface area contributed by atoms with Gasteiger partial charge in [0.1, 0.15) is 17.6 Å². The van der Waals surface area contributed by atoms with Crippen molar-refractivity contribution in [3.63, 3.8) is 0 Å². The summed E-state index contributed by atoms with van der Waals surface area (Å²) in [6.45, 7) is 4.80. The number of hydrogen-bond donors (Lipinski definition) is 2. The molecule has 0 radical (unpaired) electrons. The van der Waals surface area contributed by atoms with Crippen molar-refractivity contribution in [3.05, 3.63) is 53.5 Å². The fraction of sp³-hybridized carbons (Fsp3) is 0.500. The molecular formula is C22H32N4O3. The number of rotatable bonds is 8. The Hall–Kier alpha value is -2.51. The predicted octanol–water partition coefficient (Wildman–Crippen LogP) is 2.72. The van der Waals surface area contributed by atoms with Crippen molar-refractivity contribution in [2.45, 2.75) is 32.0 Å². The lowest BCUT2D eigenvalue weighted by Gasteiger charge is -2.24. The van der Waals surface area contributed by atoms with Crippen LogP contribution in [0.15, 0.2) is 46.0 Å². The van der Waals surface area contributed by atoms with Gasteiger partial charge in [0.05, 0.1) is 25.5 Å². The van der Waals surface area contributed by atoms with Gasteiger partial charge in [0.2, 0.25) is 0 Å². The lowest BCUT2D eigenvalue weighted by atomic mass is 10.1. The van der Waals surface area contributed by atoms with E-state index in [-0.39, 0.29) is 12.1 Å². The molecule has 0 saturated carbocycles. The maximum atomic E-state index is 6.19. The maximum absolute atomic E-state index is 6.19. The Morgan fingerprint density at radius 2 is 2.17 bits per heavy atom. The third-order valence-electron chi connectivity index (χ3n) is 5.03. The third kappa shape index (κ3) is 5.98. The van der Waals surface area contributed by atoms with E-state index >= 15 is 0 Å². The van der Waals surface area contributed by atoms with E-state index < -0.39 is 0 Å². The molecular weight excluding hydrogens is 368 g/mol. The van der Waals surface area contributed by atoms with E-state index in [4.69, 9.17) is 13.9 Å². The molecule has 7 heteroatoms. The fourth-order valence-electron chi connectivity index (χ4n) is 3.31. The van der Waals surface area contributed by atoms with Gasteiger partial charge in [-0.25, -0.2) is 0 Å². The SMILES string of the molecule is CN=C(NCc1ccc(C)cc1OC1CCOC1)NCC(c1ccco1)N(C)C. The van der Waals surface area contributed by atoms with Gasteiger partial charge in [-0.3, -0.25) is 9.89 Å². The zero-order valence-electron chi connectivity index (χ0n) is 17.8. The molecule has 1 aromatic heterocycles. The van der Waals surface area contributed by atoms with Gasteiger partial charge < -0.3 is 24.5 Å². The molecule has 0 bridgehead atoms. The first-order valence-corrected chi connectivity index (χ1v) is 10.0. The molecule has 1 fully saturated rings. The summed E-state index contributed by atoms with van der Waals surface area (Å²) in [4.78, 5) is 6.47. The van der Waals surface area contributed by atoms with Crippen LogP contribution in [-0.4, -0.2) is 57.9 Å². The molecule has 0 amide bonds. The van der Waals surface area contributed by atoms with Crippen LogP contribution in [0.4, 0.5) is 0 Å². The Kier molecular flexibility index (Phi) is 7.55. The lowest BCUT2D eigenvalue weighted by molar-refractivity contribution is 0.140. The Morgan fingerprint density at radius 1 is 1.31 bits per heavy atom. The molecule has 3 rings (SSSR count). The molecule has 2 aromatic rings. The molecule has 1 aromatic carbocycles. The zero-order chi connectivity index (χ0) is 20.6. The summed E-state index contributed by atoms with van der Waals surface area (Å²) in [7, 11) is 5.84. The molecule has 158 valence electrons. The van der Waals surface area contributed by atoms with E-state index in [0.29, 0.717) is 19.7 Å². The van der Waals surface area contributed by atoms with Crippen molar-refractivity contribution in [2.24, 2.45) is 4.99 Å². The van der Waals surface area contributed by atoms with Crippen LogP contribution in [0.1, 0.15) is 29.3 Å². The van der Waals surface area contributed by atoms with Crippen molar-refractivity contribution in [1.29, 1.82) is 0 Å². The van der Waals surface area contributed by atoms with Gasteiger partial charge >= 0.3 is 0 Å². The molecule has 0 aliphatic carbocycles. The highest BCUT2D eigenvalue weighted by molar-refractivity contribution is 5.79. The summed E-state index contributed by atoms with van der Waals surface area (Å²) in [5, 5.41) is 6.78. The number of aliphatic imine (C=N–C) groups is 1. The first kappa shape index (κ1) is 21.2. The standard InChI is InChI=1S/C22H32N4O3/c1-16-7-8-17(21(12-16)29-18-9-11-27-15-18)13-24-22(23-2)25-14-19(26(3)4)20-6-5-10-28-20/h5-8,10,12,18-19H,9,11,13-15H2,1-4H3,(H2,23,24,25). The average molecular weight is 401 g/mol.